The number of hydrogen-bond acceptors (Lipinski definition) is 2. The first kappa shape index (κ1) is 10.2. The maximum atomic E-state index is 5.85. The Balaban J connectivity index is 2.13. The van der Waals surface area contributed by atoms with Crippen molar-refractivity contribution in [2.75, 3.05) is 23.9 Å². The van der Waals surface area contributed by atoms with Crippen LogP contribution in [-0.2, 0) is 0 Å². The quantitative estimate of drug-likeness (QED) is 0.772. The van der Waals surface area contributed by atoms with Gasteiger partial charge in [0.15, 0.2) is 0 Å². The molecule has 0 aromatic carbocycles. The molecule has 4 heteroatoms. The van der Waals surface area contributed by atoms with E-state index in [1.165, 1.54) is 12.1 Å². The summed E-state index contributed by atoms with van der Waals surface area (Å²) < 4.78 is 1.07. The fourth-order valence-electron chi connectivity index (χ4n) is 1.80. The minimum atomic E-state index is 0.636. The summed E-state index contributed by atoms with van der Waals surface area (Å²) in [4.78, 5) is 6.42. The molecule has 14 heavy (non-hydrogen) atoms. The van der Waals surface area contributed by atoms with Gasteiger partial charge in [-0.1, -0.05) is 0 Å². The van der Waals surface area contributed by atoms with E-state index >= 15 is 0 Å². The molecule has 0 radical (unpaired) electrons. The molecule has 1 aromatic heterocycles. The second-order valence-corrected chi connectivity index (χ2v) is 4.75. The SMILES string of the molecule is ClCC1CCN(c2ccncc2Br)C1. The second-order valence-electron chi connectivity index (χ2n) is 3.58. The molecule has 2 heterocycles. The van der Waals surface area contributed by atoms with Gasteiger partial charge in [0.2, 0.25) is 0 Å². The number of nitrogens with zero attached hydrogens (tertiary/aromatic N) is 2. The van der Waals surface area contributed by atoms with Crippen LogP contribution in [0.25, 0.3) is 0 Å². The summed E-state index contributed by atoms with van der Waals surface area (Å²) in [6.45, 7) is 2.16. The Kier molecular flexibility index (Phi) is 3.29. The first-order chi connectivity index (χ1) is 6.81. The number of pyridine rings is 1. The third kappa shape index (κ3) is 2.04. The van der Waals surface area contributed by atoms with Crippen LogP contribution in [0.4, 0.5) is 5.69 Å². The van der Waals surface area contributed by atoms with Crippen molar-refractivity contribution in [1.29, 1.82) is 0 Å². The minimum absolute atomic E-state index is 0.636. The average Bonchev–Trinajstić information content (AvgIpc) is 2.67. The lowest BCUT2D eigenvalue weighted by Gasteiger charge is -2.19. The van der Waals surface area contributed by atoms with Crippen LogP contribution in [0.15, 0.2) is 22.9 Å². The third-order valence-electron chi connectivity index (χ3n) is 2.60. The molecule has 0 amide bonds. The van der Waals surface area contributed by atoms with E-state index in [0.717, 1.165) is 23.4 Å². The lowest BCUT2D eigenvalue weighted by molar-refractivity contribution is 0.667. The van der Waals surface area contributed by atoms with Crippen molar-refractivity contribution < 1.29 is 0 Å². The molecule has 2 nitrogen and oxygen atoms in total. The summed E-state index contributed by atoms with van der Waals surface area (Å²) in [5.74, 6) is 1.40. The molecular formula is C10H12BrClN2. The average molecular weight is 276 g/mol. The highest BCUT2D eigenvalue weighted by Crippen LogP contribution is 2.29. The van der Waals surface area contributed by atoms with Crippen LogP contribution in [0, 0.1) is 5.92 Å². The molecule has 1 saturated heterocycles. The van der Waals surface area contributed by atoms with Crippen LogP contribution in [0.5, 0.6) is 0 Å². The van der Waals surface area contributed by atoms with E-state index in [1.807, 2.05) is 18.5 Å². The van der Waals surface area contributed by atoms with Crippen molar-refractivity contribution in [1.82, 2.24) is 4.98 Å². The molecule has 1 aromatic rings. The first-order valence-corrected chi connectivity index (χ1v) is 6.04. The molecule has 1 fully saturated rings. The molecule has 0 N–H and O–H groups in total. The summed E-state index contributed by atoms with van der Waals surface area (Å²) in [7, 11) is 0. The number of aromatic nitrogens is 1. The fraction of sp³-hybridized carbons (Fsp3) is 0.500. The zero-order valence-corrected chi connectivity index (χ0v) is 10.1. The van der Waals surface area contributed by atoms with E-state index in [0.29, 0.717) is 5.92 Å². The van der Waals surface area contributed by atoms with Crippen LogP contribution >= 0.6 is 27.5 Å². The first-order valence-electron chi connectivity index (χ1n) is 4.71. The van der Waals surface area contributed by atoms with E-state index < -0.39 is 0 Å². The van der Waals surface area contributed by atoms with Gasteiger partial charge in [-0.2, -0.15) is 0 Å². The Bertz CT molecular complexity index is 319. The maximum absolute atomic E-state index is 5.85. The fourth-order valence-corrected chi connectivity index (χ4v) is 2.55. The number of halogens is 2. The van der Waals surface area contributed by atoms with Crippen LogP contribution in [-0.4, -0.2) is 24.0 Å². The number of rotatable bonds is 2. The van der Waals surface area contributed by atoms with Crippen LogP contribution < -0.4 is 4.90 Å². The van der Waals surface area contributed by atoms with Gasteiger partial charge in [0.1, 0.15) is 0 Å². The molecular weight excluding hydrogens is 263 g/mol. The normalized spacial score (nSPS) is 21.6. The van der Waals surface area contributed by atoms with Gasteiger partial charge in [-0.05, 0) is 34.3 Å². The Morgan fingerprint density at radius 1 is 1.64 bits per heavy atom. The van der Waals surface area contributed by atoms with Crippen molar-refractivity contribution in [3.63, 3.8) is 0 Å². The lowest BCUT2D eigenvalue weighted by Crippen LogP contribution is -2.20. The second kappa shape index (κ2) is 4.49. The molecule has 1 aliphatic rings. The van der Waals surface area contributed by atoms with E-state index in [4.69, 9.17) is 11.6 Å². The van der Waals surface area contributed by atoms with E-state index in [1.54, 1.807) is 0 Å². The smallest absolute Gasteiger partial charge is 0.0592 e. The zero-order chi connectivity index (χ0) is 9.97. The van der Waals surface area contributed by atoms with Gasteiger partial charge in [-0.15, -0.1) is 11.6 Å². The summed E-state index contributed by atoms with van der Waals surface area (Å²) in [5.41, 5.74) is 1.23. The molecule has 0 aliphatic carbocycles. The summed E-state index contributed by atoms with van der Waals surface area (Å²) in [6, 6.07) is 2.04. The molecule has 1 atom stereocenters. The Morgan fingerprint density at radius 3 is 3.14 bits per heavy atom. The van der Waals surface area contributed by atoms with Crippen LogP contribution in [0.3, 0.4) is 0 Å². The van der Waals surface area contributed by atoms with Gasteiger partial charge in [0.25, 0.3) is 0 Å². The molecule has 0 bridgehead atoms. The molecule has 76 valence electrons. The van der Waals surface area contributed by atoms with Gasteiger partial charge in [0.05, 0.1) is 10.2 Å². The number of hydrogen-bond donors (Lipinski definition) is 0. The van der Waals surface area contributed by atoms with Crippen LogP contribution in [0.1, 0.15) is 6.42 Å². The van der Waals surface area contributed by atoms with Crippen molar-refractivity contribution in [3.05, 3.63) is 22.9 Å². The Hall–Kier alpha value is -0.280. The highest BCUT2D eigenvalue weighted by Gasteiger charge is 2.22. The largest absolute Gasteiger partial charge is 0.370 e. The highest BCUT2D eigenvalue weighted by molar-refractivity contribution is 9.10. The molecule has 1 aliphatic heterocycles. The van der Waals surface area contributed by atoms with Crippen LogP contribution in [0.2, 0.25) is 0 Å². The van der Waals surface area contributed by atoms with Gasteiger partial charge in [-0.3, -0.25) is 4.98 Å². The summed E-state index contributed by atoms with van der Waals surface area (Å²) in [6.07, 6.45) is 4.86. The standard InChI is InChI=1S/C10H12BrClN2/c11-9-6-13-3-1-10(9)14-4-2-8(5-12)7-14/h1,3,6,8H,2,4-5,7H2. The van der Waals surface area contributed by atoms with E-state index in [2.05, 4.69) is 25.8 Å². The summed E-state index contributed by atoms with van der Waals surface area (Å²) >= 11 is 9.36. The van der Waals surface area contributed by atoms with Crippen molar-refractivity contribution in [3.8, 4) is 0 Å². The molecule has 2 rings (SSSR count). The van der Waals surface area contributed by atoms with Crippen molar-refractivity contribution in [2.45, 2.75) is 6.42 Å². The van der Waals surface area contributed by atoms with Gasteiger partial charge >= 0.3 is 0 Å². The molecule has 0 spiro atoms. The Labute approximate surface area is 97.4 Å². The highest BCUT2D eigenvalue weighted by atomic mass is 79.9. The zero-order valence-electron chi connectivity index (χ0n) is 7.79. The predicted molar refractivity (Wildman–Crippen MR) is 63.0 cm³/mol. The number of anilines is 1. The molecule has 0 saturated carbocycles. The topological polar surface area (TPSA) is 16.1 Å². The van der Waals surface area contributed by atoms with Crippen molar-refractivity contribution >= 4 is 33.2 Å². The van der Waals surface area contributed by atoms with E-state index in [9.17, 15) is 0 Å². The maximum Gasteiger partial charge on any atom is 0.0592 e. The summed E-state index contributed by atoms with van der Waals surface area (Å²) in [5, 5.41) is 0. The Morgan fingerprint density at radius 2 is 2.50 bits per heavy atom. The van der Waals surface area contributed by atoms with Gasteiger partial charge < -0.3 is 4.90 Å². The van der Waals surface area contributed by atoms with Crippen molar-refractivity contribution in [2.24, 2.45) is 5.92 Å². The van der Waals surface area contributed by atoms with E-state index in [-0.39, 0.29) is 0 Å². The predicted octanol–water partition coefficient (Wildman–Crippen LogP) is 2.91. The monoisotopic (exact) mass is 274 g/mol. The number of alkyl halides is 1. The molecule has 1 unspecified atom stereocenters. The lowest BCUT2D eigenvalue weighted by atomic mass is 10.2. The third-order valence-corrected chi connectivity index (χ3v) is 3.64. The minimum Gasteiger partial charge on any atom is -0.370 e. The van der Waals surface area contributed by atoms with Gasteiger partial charge in [0, 0.05) is 31.4 Å². The van der Waals surface area contributed by atoms with Gasteiger partial charge in [-0.25, -0.2) is 0 Å².